The number of aromatic nitrogens is 1. The number of carbonyl (C=O) groups excluding carboxylic acids is 1. The number of amidine groups is 1. The minimum absolute atomic E-state index is 0.0346. The lowest BCUT2D eigenvalue weighted by molar-refractivity contribution is -0.122. The third-order valence-corrected chi connectivity index (χ3v) is 6.88. The van der Waals surface area contributed by atoms with Crippen LogP contribution in [0.5, 0.6) is 17.2 Å². The molecule has 3 aromatic rings. The molecule has 2 aliphatic rings. The molecule has 0 bridgehead atoms. The van der Waals surface area contributed by atoms with E-state index in [0.717, 1.165) is 45.6 Å². The van der Waals surface area contributed by atoms with Gasteiger partial charge in [-0.3, -0.25) is 9.69 Å². The zero-order chi connectivity index (χ0) is 23.8. The van der Waals surface area contributed by atoms with Crippen LogP contribution in [0.25, 0.3) is 11.8 Å². The Balaban J connectivity index is 1.47. The lowest BCUT2D eigenvalue weighted by Gasteiger charge is -2.12. The van der Waals surface area contributed by atoms with Gasteiger partial charge in [0.05, 0.1) is 17.7 Å². The van der Waals surface area contributed by atoms with Crippen molar-refractivity contribution in [2.75, 3.05) is 20.4 Å². The van der Waals surface area contributed by atoms with Gasteiger partial charge in [0.25, 0.3) is 5.91 Å². The van der Waals surface area contributed by atoms with Crippen molar-refractivity contribution in [2.45, 2.75) is 20.8 Å². The molecule has 2 aliphatic heterocycles. The predicted molar refractivity (Wildman–Crippen MR) is 134 cm³/mol. The number of hydrogen-bond acceptors (Lipinski definition) is 6. The maximum Gasteiger partial charge on any atom is 0.266 e. The summed E-state index contributed by atoms with van der Waals surface area (Å²) in [6.07, 6.45) is 1.96. The van der Waals surface area contributed by atoms with Crippen LogP contribution in [0, 0.1) is 13.8 Å². The fourth-order valence-corrected chi connectivity index (χ4v) is 5.19. The third kappa shape index (κ3) is 3.94. The van der Waals surface area contributed by atoms with Gasteiger partial charge in [0.15, 0.2) is 16.7 Å². The quantitative estimate of drug-likeness (QED) is 0.459. The first kappa shape index (κ1) is 22.2. The Labute approximate surface area is 202 Å². The molecule has 1 amide bonds. The molecule has 1 saturated heterocycles. The summed E-state index contributed by atoms with van der Waals surface area (Å²) >= 11 is 1.40. The molecule has 0 spiro atoms. The van der Waals surface area contributed by atoms with Gasteiger partial charge in [-0.05, 0) is 86.6 Å². The maximum absolute atomic E-state index is 13.1. The minimum atomic E-state index is -0.0346. The van der Waals surface area contributed by atoms with Crippen LogP contribution in [-0.4, -0.2) is 41.0 Å². The fraction of sp³-hybridized carbons (Fsp3) is 0.231. The second-order valence-electron chi connectivity index (χ2n) is 7.95. The molecule has 5 rings (SSSR count). The van der Waals surface area contributed by atoms with Crippen LogP contribution in [0.4, 0.5) is 5.69 Å². The monoisotopic (exact) mass is 475 g/mol. The predicted octanol–water partition coefficient (Wildman–Crippen LogP) is 5.46. The van der Waals surface area contributed by atoms with Gasteiger partial charge >= 0.3 is 0 Å². The molecule has 0 unspecified atom stereocenters. The molecule has 8 heteroatoms. The Morgan fingerprint density at radius 3 is 2.59 bits per heavy atom. The molecule has 0 aliphatic carbocycles. The largest absolute Gasteiger partial charge is 0.497 e. The van der Waals surface area contributed by atoms with Crippen LogP contribution in [0.1, 0.15) is 23.9 Å². The molecule has 3 heterocycles. The van der Waals surface area contributed by atoms with E-state index in [1.165, 1.54) is 11.8 Å². The molecule has 2 aromatic carbocycles. The summed E-state index contributed by atoms with van der Waals surface area (Å²) in [6, 6.07) is 15.5. The zero-order valence-electron chi connectivity index (χ0n) is 19.5. The number of methoxy groups -OCH3 is 1. The summed E-state index contributed by atoms with van der Waals surface area (Å²) in [6.45, 7) is 6.86. The molecule has 7 nitrogen and oxygen atoms in total. The highest BCUT2D eigenvalue weighted by Gasteiger charge is 2.32. The molecule has 0 radical (unpaired) electrons. The van der Waals surface area contributed by atoms with E-state index in [4.69, 9.17) is 19.2 Å². The summed E-state index contributed by atoms with van der Waals surface area (Å²) in [4.78, 5) is 20.2. The number of fused-ring (bicyclic) bond motifs is 1. The first-order valence-corrected chi connectivity index (χ1v) is 11.8. The first-order chi connectivity index (χ1) is 16.5. The van der Waals surface area contributed by atoms with Crippen molar-refractivity contribution in [3.63, 3.8) is 0 Å². The maximum atomic E-state index is 13.1. The summed E-state index contributed by atoms with van der Waals surface area (Å²) in [5, 5.41) is 0.675. The van der Waals surface area contributed by atoms with Crippen LogP contribution >= 0.6 is 11.8 Å². The minimum Gasteiger partial charge on any atom is -0.497 e. The second-order valence-corrected chi connectivity index (χ2v) is 8.96. The SMILES string of the molecule is CCN1C(=O)/C(=C/c2cc(C)n(-c3ccc4c(c3)OCO4)c2C)SC1=Nc1ccc(OC)cc1. The van der Waals surface area contributed by atoms with Crippen LogP contribution in [0.3, 0.4) is 0 Å². The van der Waals surface area contributed by atoms with Gasteiger partial charge in [-0.2, -0.15) is 0 Å². The van der Waals surface area contributed by atoms with E-state index in [2.05, 4.69) is 24.5 Å². The van der Waals surface area contributed by atoms with Crippen LogP contribution < -0.4 is 14.2 Å². The van der Waals surface area contributed by atoms with Gasteiger partial charge in [-0.15, -0.1) is 0 Å². The summed E-state index contributed by atoms with van der Waals surface area (Å²) in [7, 11) is 1.63. The number of carbonyl (C=O) groups is 1. The van der Waals surface area contributed by atoms with Crippen LogP contribution in [0.2, 0.25) is 0 Å². The van der Waals surface area contributed by atoms with Gasteiger partial charge in [0, 0.05) is 29.7 Å². The van der Waals surface area contributed by atoms with Crippen molar-refractivity contribution in [2.24, 2.45) is 4.99 Å². The van der Waals surface area contributed by atoms with Gasteiger partial charge in [-0.25, -0.2) is 4.99 Å². The summed E-state index contributed by atoms with van der Waals surface area (Å²) in [5.41, 5.74) is 4.87. The topological polar surface area (TPSA) is 65.3 Å². The number of likely N-dealkylation sites (N-methyl/N-ethyl adjacent to an activating group) is 1. The number of thioether (sulfide) groups is 1. The van der Waals surface area contributed by atoms with Crippen molar-refractivity contribution < 1.29 is 19.0 Å². The number of aliphatic imine (C=N–C) groups is 1. The Hall–Kier alpha value is -3.65. The number of hydrogen-bond donors (Lipinski definition) is 0. The van der Waals surface area contributed by atoms with Crippen molar-refractivity contribution in [3.05, 3.63) is 70.4 Å². The lowest BCUT2D eigenvalue weighted by Crippen LogP contribution is -2.28. The number of amides is 1. The smallest absolute Gasteiger partial charge is 0.266 e. The molecule has 0 atom stereocenters. The average molecular weight is 476 g/mol. The molecular weight excluding hydrogens is 450 g/mol. The lowest BCUT2D eigenvalue weighted by atomic mass is 10.2. The second kappa shape index (κ2) is 8.95. The average Bonchev–Trinajstić information content (AvgIpc) is 3.50. The molecule has 34 heavy (non-hydrogen) atoms. The molecule has 0 N–H and O–H groups in total. The van der Waals surface area contributed by atoms with Crippen molar-refractivity contribution >= 4 is 34.6 Å². The Kier molecular flexibility index (Phi) is 5.83. The summed E-state index contributed by atoms with van der Waals surface area (Å²) < 4.78 is 18.4. The van der Waals surface area contributed by atoms with E-state index < -0.39 is 0 Å². The van der Waals surface area contributed by atoms with E-state index >= 15 is 0 Å². The number of rotatable bonds is 5. The Bertz CT molecular complexity index is 1320. The Morgan fingerprint density at radius 2 is 1.85 bits per heavy atom. The van der Waals surface area contributed by atoms with E-state index in [0.29, 0.717) is 16.6 Å². The fourth-order valence-electron chi connectivity index (χ4n) is 4.13. The van der Waals surface area contributed by atoms with E-state index in [9.17, 15) is 4.79 Å². The molecule has 174 valence electrons. The standard InChI is InChI=1S/C26H25N3O4S/c1-5-28-25(30)24(34-26(28)27-19-6-9-21(31-4)10-7-19)13-18-12-16(2)29(17(18)3)20-8-11-22-23(14-20)33-15-32-22/h6-14H,5,15H2,1-4H3/b24-13-,27-26?. The molecule has 0 saturated carbocycles. The molecule has 1 fully saturated rings. The van der Waals surface area contributed by atoms with Gasteiger partial charge in [0.2, 0.25) is 6.79 Å². The van der Waals surface area contributed by atoms with Crippen molar-refractivity contribution in [3.8, 4) is 22.9 Å². The number of aryl methyl sites for hydroxylation is 1. The number of ether oxygens (including phenoxy) is 3. The highest BCUT2D eigenvalue weighted by molar-refractivity contribution is 8.18. The highest BCUT2D eigenvalue weighted by Crippen LogP contribution is 2.37. The van der Waals surface area contributed by atoms with Gasteiger partial charge < -0.3 is 18.8 Å². The molecule has 1 aromatic heterocycles. The first-order valence-electron chi connectivity index (χ1n) is 11.0. The van der Waals surface area contributed by atoms with Crippen LogP contribution in [-0.2, 0) is 4.79 Å². The summed E-state index contributed by atoms with van der Waals surface area (Å²) in [5.74, 6) is 2.23. The third-order valence-electron chi connectivity index (χ3n) is 5.87. The zero-order valence-corrected chi connectivity index (χ0v) is 20.3. The normalized spacial score (nSPS) is 17.3. The number of nitrogens with zero attached hydrogens (tertiary/aromatic N) is 3. The highest BCUT2D eigenvalue weighted by atomic mass is 32.2. The Morgan fingerprint density at radius 1 is 1.09 bits per heavy atom. The van der Waals surface area contributed by atoms with Gasteiger partial charge in [0.1, 0.15) is 5.75 Å². The van der Waals surface area contributed by atoms with Crippen LogP contribution in [0.15, 0.2) is 58.4 Å². The van der Waals surface area contributed by atoms with E-state index in [1.807, 2.05) is 55.5 Å². The molecular formula is C26H25N3O4S. The van der Waals surface area contributed by atoms with Crippen molar-refractivity contribution in [1.29, 1.82) is 0 Å². The van der Waals surface area contributed by atoms with Crippen molar-refractivity contribution in [1.82, 2.24) is 9.47 Å². The van der Waals surface area contributed by atoms with E-state index in [-0.39, 0.29) is 12.7 Å². The van der Waals surface area contributed by atoms with E-state index in [1.54, 1.807) is 12.0 Å². The number of benzene rings is 2. The van der Waals surface area contributed by atoms with Gasteiger partial charge in [-0.1, -0.05) is 0 Å².